The smallest absolute Gasteiger partial charge is 0.333 e. The maximum atomic E-state index is 11.7. The van der Waals surface area contributed by atoms with E-state index < -0.39 is 23.8 Å². The van der Waals surface area contributed by atoms with Crippen molar-refractivity contribution in [2.24, 2.45) is 0 Å². The van der Waals surface area contributed by atoms with Gasteiger partial charge in [-0.25, -0.2) is 4.79 Å². The van der Waals surface area contributed by atoms with Crippen molar-refractivity contribution in [3.8, 4) is 0 Å². The zero-order valence-electron chi connectivity index (χ0n) is 22.0. The topological polar surface area (TPSA) is 119 Å². The molecule has 1 aliphatic heterocycles. The van der Waals surface area contributed by atoms with E-state index in [9.17, 15) is 19.2 Å². The van der Waals surface area contributed by atoms with Crippen LogP contribution in [0, 0.1) is 0 Å². The predicted molar refractivity (Wildman–Crippen MR) is 147 cm³/mol. The lowest BCUT2D eigenvalue weighted by molar-refractivity contribution is -0.197. The Balaban J connectivity index is 0. The maximum absolute atomic E-state index is 11.7. The minimum atomic E-state index is -0.746. The Kier molecular flexibility index (Phi) is 21.4. The van der Waals surface area contributed by atoms with E-state index >= 15 is 0 Å². The van der Waals surface area contributed by atoms with Crippen LogP contribution in [0.1, 0.15) is 66.2 Å². The van der Waals surface area contributed by atoms with Crippen molar-refractivity contribution >= 4 is 66.9 Å². The number of ether oxygens (including phenoxy) is 2. The Morgan fingerprint density at radius 1 is 0.886 bits per heavy atom. The molecule has 13 heteroatoms. The minimum Gasteiger partial charge on any atom is -0.481 e. The quantitative estimate of drug-likeness (QED) is 0.207. The highest BCUT2D eigenvalue weighted by molar-refractivity contribution is 8.77. The summed E-state index contributed by atoms with van der Waals surface area (Å²) in [4.78, 5) is 49.6. The van der Waals surface area contributed by atoms with Crippen LogP contribution in [0.4, 0.5) is 0 Å². The molecule has 35 heavy (non-hydrogen) atoms. The van der Waals surface area contributed by atoms with Gasteiger partial charge in [0.25, 0.3) is 11.8 Å². The van der Waals surface area contributed by atoms with Crippen molar-refractivity contribution in [2.75, 3.05) is 39.9 Å². The Morgan fingerprint density at radius 3 is 1.63 bits per heavy atom. The first-order chi connectivity index (χ1) is 16.5. The first-order valence-corrected chi connectivity index (χ1v) is 16.3. The van der Waals surface area contributed by atoms with Gasteiger partial charge in [-0.1, -0.05) is 57.0 Å². The molecule has 0 saturated carbocycles. The number of hydrogen-bond acceptors (Lipinski definition) is 11. The first kappa shape index (κ1) is 36.6. The number of carbonyl (C=O) groups is 4. The molecule has 0 aromatic heterocycles. The fourth-order valence-electron chi connectivity index (χ4n) is 2.83. The summed E-state index contributed by atoms with van der Waals surface area (Å²) >= 11 is 0. The van der Waals surface area contributed by atoms with Gasteiger partial charge < -0.3 is 19.4 Å². The number of methoxy groups -OCH3 is 2. The fraction of sp³-hybridized carbons (Fsp3) is 0.818. The molecule has 1 heterocycles. The molecule has 1 saturated heterocycles. The highest BCUT2D eigenvalue weighted by atomic mass is 33.1. The Morgan fingerprint density at radius 2 is 1.29 bits per heavy atom. The van der Waals surface area contributed by atoms with E-state index in [0.717, 1.165) is 0 Å². The fourth-order valence-corrected chi connectivity index (χ4v) is 7.54. The SMILES string of the molecule is CC.COCC(C)(CCC(=O)O)SSC.COCC(C)(CCC(=O)ON1C(=O)CCC1=O)SSC. The van der Waals surface area contributed by atoms with Gasteiger partial charge in [-0.05, 0) is 39.2 Å². The lowest BCUT2D eigenvalue weighted by Crippen LogP contribution is -2.33. The lowest BCUT2D eigenvalue weighted by atomic mass is 10.1. The van der Waals surface area contributed by atoms with E-state index in [0.29, 0.717) is 31.1 Å². The molecular formula is C22H41NO8S4. The molecular weight excluding hydrogens is 535 g/mol. The van der Waals surface area contributed by atoms with Crippen LogP contribution < -0.4 is 0 Å². The molecule has 1 rings (SSSR count). The number of carboxylic acids is 1. The largest absolute Gasteiger partial charge is 0.481 e. The second-order valence-corrected chi connectivity index (χ2v) is 13.7. The summed E-state index contributed by atoms with van der Waals surface area (Å²) in [5.41, 5.74) is 0. The lowest BCUT2D eigenvalue weighted by Gasteiger charge is -2.26. The van der Waals surface area contributed by atoms with E-state index in [-0.39, 0.29) is 35.2 Å². The summed E-state index contributed by atoms with van der Waals surface area (Å²) in [6.45, 7) is 9.12. The molecule has 2 atom stereocenters. The average Bonchev–Trinajstić information content (AvgIpc) is 3.11. The molecule has 0 bridgehead atoms. The molecule has 0 aromatic carbocycles. The number of hydrogen-bond donors (Lipinski definition) is 1. The van der Waals surface area contributed by atoms with Gasteiger partial charge in [-0.15, -0.1) is 5.06 Å². The van der Waals surface area contributed by atoms with Crippen molar-refractivity contribution < 1.29 is 38.6 Å². The monoisotopic (exact) mass is 575 g/mol. The second-order valence-electron chi connectivity index (χ2n) is 7.70. The molecule has 0 spiro atoms. The average molecular weight is 576 g/mol. The molecule has 2 unspecified atom stereocenters. The number of carbonyl (C=O) groups excluding carboxylic acids is 3. The predicted octanol–water partition coefficient (Wildman–Crippen LogP) is 5.08. The van der Waals surface area contributed by atoms with E-state index in [2.05, 4.69) is 0 Å². The van der Waals surface area contributed by atoms with Crippen LogP contribution in [0.15, 0.2) is 0 Å². The maximum Gasteiger partial charge on any atom is 0.333 e. The molecule has 0 aromatic rings. The van der Waals surface area contributed by atoms with Crippen LogP contribution in [0.2, 0.25) is 0 Å². The van der Waals surface area contributed by atoms with Gasteiger partial charge in [0.15, 0.2) is 0 Å². The van der Waals surface area contributed by atoms with Crippen molar-refractivity contribution in [3.05, 3.63) is 0 Å². The number of hydroxylamine groups is 2. The zero-order valence-corrected chi connectivity index (χ0v) is 25.3. The minimum absolute atomic E-state index is 0.0907. The van der Waals surface area contributed by atoms with E-state index in [4.69, 9.17) is 19.4 Å². The number of aliphatic carboxylic acids is 1. The van der Waals surface area contributed by atoms with Crippen LogP contribution in [0.3, 0.4) is 0 Å². The summed E-state index contributed by atoms with van der Waals surface area (Å²) in [7, 11) is 9.79. The number of rotatable bonds is 15. The Bertz CT molecular complexity index is 623. The number of nitrogens with zero attached hydrogens (tertiary/aromatic N) is 1. The standard InChI is InChI=1S/C12H19NO5S2.C8H16O3S2.C2H6/c1-12(8-17-2,20-19-3)7-6-11(16)18-13-9(14)4-5-10(13)15;1-8(6-11-2,13-12-3)5-4-7(9)10;1-2/h4-8H2,1-3H3;4-6H2,1-3H3,(H,9,10);1-2H3. The summed E-state index contributed by atoms with van der Waals surface area (Å²) in [6.07, 6.45) is 5.67. The summed E-state index contributed by atoms with van der Waals surface area (Å²) in [6, 6.07) is 0. The number of imide groups is 1. The van der Waals surface area contributed by atoms with Crippen molar-refractivity contribution in [1.82, 2.24) is 5.06 Å². The Hall–Kier alpha value is -0.600. The molecule has 9 nitrogen and oxygen atoms in total. The van der Waals surface area contributed by atoms with Crippen LogP contribution in [-0.4, -0.2) is 83.4 Å². The summed E-state index contributed by atoms with van der Waals surface area (Å²) < 4.78 is 9.91. The van der Waals surface area contributed by atoms with Gasteiger partial charge in [-0.2, -0.15) is 0 Å². The van der Waals surface area contributed by atoms with E-state index in [1.165, 1.54) is 0 Å². The Labute approximate surface area is 225 Å². The van der Waals surface area contributed by atoms with Crippen LogP contribution >= 0.6 is 43.2 Å². The first-order valence-electron chi connectivity index (χ1n) is 11.2. The third kappa shape index (κ3) is 16.7. The van der Waals surface area contributed by atoms with E-state index in [1.807, 2.05) is 40.2 Å². The van der Waals surface area contributed by atoms with Crippen LogP contribution in [0.5, 0.6) is 0 Å². The van der Waals surface area contributed by atoms with Crippen molar-refractivity contribution in [1.29, 1.82) is 0 Å². The molecule has 1 fully saturated rings. The molecule has 1 N–H and O–H groups in total. The third-order valence-electron chi connectivity index (χ3n) is 4.39. The summed E-state index contributed by atoms with van der Waals surface area (Å²) in [5, 5.41) is 9.14. The molecule has 1 aliphatic rings. The van der Waals surface area contributed by atoms with Gasteiger partial charge in [0, 0.05) is 49.4 Å². The van der Waals surface area contributed by atoms with Gasteiger partial charge in [-0.3, -0.25) is 14.4 Å². The number of carboxylic acid groups (broad SMARTS) is 1. The highest BCUT2D eigenvalue weighted by Crippen LogP contribution is 2.38. The third-order valence-corrected chi connectivity index (χ3v) is 9.59. The van der Waals surface area contributed by atoms with Gasteiger partial charge >= 0.3 is 11.9 Å². The van der Waals surface area contributed by atoms with Gasteiger partial charge in [0.1, 0.15) is 0 Å². The van der Waals surface area contributed by atoms with Crippen molar-refractivity contribution in [3.63, 3.8) is 0 Å². The van der Waals surface area contributed by atoms with Crippen LogP contribution in [-0.2, 0) is 33.5 Å². The molecule has 206 valence electrons. The van der Waals surface area contributed by atoms with Gasteiger partial charge in [0.2, 0.25) is 0 Å². The second kappa shape index (κ2) is 20.5. The van der Waals surface area contributed by atoms with Gasteiger partial charge in [0.05, 0.1) is 13.2 Å². The van der Waals surface area contributed by atoms with Crippen LogP contribution in [0.25, 0.3) is 0 Å². The highest BCUT2D eigenvalue weighted by Gasteiger charge is 2.34. The molecule has 2 amide bonds. The van der Waals surface area contributed by atoms with Crippen molar-refractivity contribution in [2.45, 2.75) is 75.7 Å². The van der Waals surface area contributed by atoms with E-state index in [1.54, 1.807) is 57.4 Å². The zero-order chi connectivity index (χ0) is 27.5. The molecule has 0 radical (unpaired) electrons. The summed E-state index contributed by atoms with van der Waals surface area (Å²) in [5.74, 6) is -2.23. The number of amides is 2. The normalized spacial score (nSPS) is 16.3. The molecule has 0 aliphatic carbocycles.